The predicted molar refractivity (Wildman–Crippen MR) is 121 cm³/mol. The van der Waals surface area contributed by atoms with Crippen LogP contribution in [0.3, 0.4) is 0 Å². The zero-order chi connectivity index (χ0) is 20.5. The van der Waals surface area contributed by atoms with Crippen molar-refractivity contribution in [1.29, 1.82) is 0 Å². The summed E-state index contributed by atoms with van der Waals surface area (Å²) < 4.78 is 0. The number of hydrogen-bond donors (Lipinski definition) is 1. The van der Waals surface area contributed by atoms with Crippen LogP contribution < -0.4 is 5.32 Å². The quantitative estimate of drug-likeness (QED) is 0.336. The highest BCUT2D eigenvalue weighted by molar-refractivity contribution is 6.44. The highest BCUT2D eigenvalue weighted by atomic mass is 35.5. The fourth-order valence-electron chi connectivity index (χ4n) is 3.09. The van der Waals surface area contributed by atoms with Gasteiger partial charge in [-0.3, -0.25) is 4.79 Å². The van der Waals surface area contributed by atoms with Gasteiger partial charge in [0.15, 0.2) is 0 Å². The van der Waals surface area contributed by atoms with Crippen LogP contribution in [-0.4, -0.2) is 10.9 Å². The first-order valence-electron chi connectivity index (χ1n) is 8.85. The van der Waals surface area contributed by atoms with Gasteiger partial charge in [-0.25, -0.2) is 4.98 Å². The molecule has 0 aliphatic heterocycles. The van der Waals surface area contributed by atoms with Crippen LogP contribution in [-0.2, 0) is 0 Å². The summed E-state index contributed by atoms with van der Waals surface area (Å²) in [6.07, 6.45) is 0. The van der Waals surface area contributed by atoms with Gasteiger partial charge in [-0.05, 0) is 37.3 Å². The predicted octanol–water partition coefficient (Wildman–Crippen LogP) is 7.42. The van der Waals surface area contributed by atoms with Crippen molar-refractivity contribution < 1.29 is 4.79 Å². The molecule has 4 rings (SSSR count). The molecule has 1 N–H and O–H groups in total. The molecule has 144 valence electrons. The van der Waals surface area contributed by atoms with Crippen LogP contribution in [0.25, 0.3) is 22.2 Å². The molecule has 0 saturated heterocycles. The van der Waals surface area contributed by atoms with Crippen LogP contribution in [0.5, 0.6) is 0 Å². The second-order valence-corrected chi connectivity index (χ2v) is 7.86. The minimum absolute atomic E-state index is 0.305. The van der Waals surface area contributed by atoms with Gasteiger partial charge in [-0.2, -0.15) is 0 Å². The first-order valence-corrected chi connectivity index (χ1v) is 9.98. The molecule has 1 aromatic heterocycles. The third kappa shape index (κ3) is 4.08. The summed E-state index contributed by atoms with van der Waals surface area (Å²) in [4.78, 5) is 17.9. The molecule has 0 aliphatic carbocycles. The number of halogens is 3. The maximum absolute atomic E-state index is 13.2. The fraction of sp³-hybridized carbons (Fsp3) is 0.0435. The average molecular weight is 442 g/mol. The number of hydrogen-bond acceptors (Lipinski definition) is 2. The van der Waals surface area contributed by atoms with Crippen molar-refractivity contribution in [3.8, 4) is 11.3 Å². The average Bonchev–Trinajstić information content (AvgIpc) is 2.71. The first kappa shape index (κ1) is 19.7. The highest BCUT2D eigenvalue weighted by Crippen LogP contribution is 2.33. The van der Waals surface area contributed by atoms with Gasteiger partial charge in [-0.1, -0.05) is 76.8 Å². The summed E-state index contributed by atoms with van der Waals surface area (Å²) in [6, 6.07) is 20.4. The number of aryl methyl sites for hydroxylation is 1. The monoisotopic (exact) mass is 440 g/mol. The molecule has 0 fully saturated rings. The number of carbonyl (C=O) groups is 1. The number of amides is 1. The maximum atomic E-state index is 13.2. The van der Waals surface area contributed by atoms with Gasteiger partial charge in [0.1, 0.15) is 0 Å². The lowest BCUT2D eigenvalue weighted by Crippen LogP contribution is -2.13. The zero-order valence-electron chi connectivity index (χ0n) is 15.3. The van der Waals surface area contributed by atoms with E-state index >= 15 is 0 Å². The Morgan fingerprint density at radius 3 is 2.34 bits per heavy atom. The Morgan fingerprint density at radius 1 is 0.862 bits per heavy atom. The summed E-state index contributed by atoms with van der Waals surface area (Å²) in [7, 11) is 0. The van der Waals surface area contributed by atoms with Crippen molar-refractivity contribution in [1.82, 2.24) is 4.98 Å². The van der Waals surface area contributed by atoms with Crippen LogP contribution >= 0.6 is 34.8 Å². The summed E-state index contributed by atoms with van der Waals surface area (Å²) in [5, 5.41) is 4.55. The Hall–Kier alpha value is -2.59. The molecule has 29 heavy (non-hydrogen) atoms. The molecule has 0 unspecified atom stereocenters. The number of nitrogens with zero attached hydrogens (tertiary/aromatic N) is 1. The second kappa shape index (κ2) is 8.03. The Bertz CT molecular complexity index is 1240. The lowest BCUT2D eigenvalue weighted by molar-refractivity contribution is 0.102. The zero-order valence-corrected chi connectivity index (χ0v) is 17.6. The number of rotatable bonds is 3. The lowest BCUT2D eigenvalue weighted by atomic mass is 10.0. The van der Waals surface area contributed by atoms with E-state index in [9.17, 15) is 4.79 Å². The number of nitrogens with one attached hydrogen (secondary N) is 1. The van der Waals surface area contributed by atoms with Gasteiger partial charge in [0, 0.05) is 10.9 Å². The number of benzene rings is 3. The van der Waals surface area contributed by atoms with E-state index in [1.165, 1.54) is 12.1 Å². The molecule has 0 aliphatic rings. The molecule has 0 bridgehead atoms. The van der Waals surface area contributed by atoms with Crippen LogP contribution in [0, 0.1) is 6.92 Å². The van der Waals surface area contributed by atoms with Gasteiger partial charge in [0.05, 0.1) is 37.5 Å². The summed E-state index contributed by atoms with van der Waals surface area (Å²) in [5.74, 6) is -0.305. The molecule has 4 aromatic rings. The topological polar surface area (TPSA) is 42.0 Å². The van der Waals surface area contributed by atoms with Crippen LogP contribution in [0.2, 0.25) is 15.1 Å². The van der Waals surface area contributed by atoms with Gasteiger partial charge >= 0.3 is 0 Å². The molecule has 6 heteroatoms. The lowest BCUT2D eigenvalue weighted by Gasteiger charge is -2.13. The first-order chi connectivity index (χ1) is 13.9. The number of aromatic nitrogens is 1. The second-order valence-electron chi connectivity index (χ2n) is 6.64. The Morgan fingerprint density at radius 2 is 1.59 bits per heavy atom. The molecule has 0 radical (unpaired) electrons. The summed E-state index contributed by atoms with van der Waals surface area (Å²) in [6.45, 7) is 1.97. The smallest absolute Gasteiger partial charge is 0.256 e. The molecule has 0 spiro atoms. The van der Waals surface area contributed by atoms with Gasteiger partial charge in [0.2, 0.25) is 0 Å². The van der Waals surface area contributed by atoms with Crippen molar-refractivity contribution in [2.45, 2.75) is 6.92 Å². The molecule has 1 amide bonds. The van der Waals surface area contributed by atoms with E-state index in [1.807, 2.05) is 55.5 Å². The molecule has 3 nitrogen and oxygen atoms in total. The van der Waals surface area contributed by atoms with E-state index in [0.29, 0.717) is 32.0 Å². The van der Waals surface area contributed by atoms with Gasteiger partial charge < -0.3 is 5.32 Å². The SMILES string of the molecule is Cc1ccc2nc(-c3ccccc3)cc(C(=O)Nc3cc(Cl)c(Cl)cc3Cl)c2c1. The Balaban J connectivity index is 1.84. The molecular formula is C23H15Cl3N2O. The third-order valence-corrected chi connectivity index (χ3v) is 5.57. The van der Waals surface area contributed by atoms with Crippen molar-refractivity contribution in [3.63, 3.8) is 0 Å². The standard InChI is InChI=1S/C23H15Cl3N2O/c1-13-7-8-20-15(9-13)16(10-21(27-20)14-5-3-2-4-6-14)23(29)28-22-12-18(25)17(24)11-19(22)26/h2-12H,1H3,(H,28,29). The minimum Gasteiger partial charge on any atom is -0.321 e. The Labute approximate surface area is 183 Å². The molecule has 0 atom stereocenters. The van der Waals surface area contributed by atoms with Crippen molar-refractivity contribution >= 4 is 57.3 Å². The van der Waals surface area contributed by atoms with Gasteiger partial charge in [-0.15, -0.1) is 0 Å². The molecule has 0 saturated carbocycles. The Kier molecular flexibility index (Phi) is 5.46. The molecular weight excluding hydrogens is 427 g/mol. The van der Waals surface area contributed by atoms with E-state index in [2.05, 4.69) is 5.32 Å². The normalized spacial score (nSPS) is 10.9. The van der Waals surface area contributed by atoms with Crippen LogP contribution in [0.1, 0.15) is 15.9 Å². The van der Waals surface area contributed by atoms with E-state index < -0.39 is 0 Å². The molecule has 3 aromatic carbocycles. The summed E-state index contributed by atoms with van der Waals surface area (Å²) >= 11 is 18.3. The van der Waals surface area contributed by atoms with E-state index in [4.69, 9.17) is 39.8 Å². The van der Waals surface area contributed by atoms with Crippen molar-refractivity contribution in [3.05, 3.63) is 92.9 Å². The number of anilines is 1. The largest absolute Gasteiger partial charge is 0.321 e. The maximum Gasteiger partial charge on any atom is 0.256 e. The fourth-order valence-corrected chi connectivity index (χ4v) is 3.69. The minimum atomic E-state index is -0.305. The van der Waals surface area contributed by atoms with Crippen molar-refractivity contribution in [2.24, 2.45) is 0 Å². The van der Waals surface area contributed by atoms with Crippen LogP contribution in [0.4, 0.5) is 5.69 Å². The van der Waals surface area contributed by atoms with E-state index in [-0.39, 0.29) is 5.91 Å². The number of carbonyl (C=O) groups excluding carboxylic acids is 1. The highest BCUT2D eigenvalue weighted by Gasteiger charge is 2.16. The van der Waals surface area contributed by atoms with E-state index in [1.54, 1.807) is 6.07 Å². The van der Waals surface area contributed by atoms with E-state index in [0.717, 1.165) is 22.0 Å². The van der Waals surface area contributed by atoms with Crippen molar-refractivity contribution in [2.75, 3.05) is 5.32 Å². The third-order valence-electron chi connectivity index (χ3n) is 4.54. The molecule has 1 heterocycles. The van der Waals surface area contributed by atoms with Crippen LogP contribution in [0.15, 0.2) is 66.7 Å². The summed E-state index contributed by atoms with van der Waals surface area (Å²) in [5.41, 5.74) is 4.31. The number of pyridine rings is 1. The number of fused-ring (bicyclic) bond motifs is 1. The van der Waals surface area contributed by atoms with Gasteiger partial charge in [0.25, 0.3) is 5.91 Å².